The highest BCUT2D eigenvalue weighted by Crippen LogP contribution is 2.12. The molecule has 0 saturated carbocycles. The first-order valence-corrected chi connectivity index (χ1v) is 5.42. The summed E-state index contributed by atoms with van der Waals surface area (Å²) >= 11 is 0. The van der Waals surface area contributed by atoms with Gasteiger partial charge in [-0.25, -0.2) is 0 Å². The Hall–Kier alpha value is -1.15. The number of hydrogen-bond donors (Lipinski definition) is 1. The summed E-state index contributed by atoms with van der Waals surface area (Å²) in [7, 11) is 0. The van der Waals surface area contributed by atoms with Crippen molar-refractivity contribution in [3.8, 4) is 0 Å². The van der Waals surface area contributed by atoms with Gasteiger partial charge >= 0.3 is 0 Å². The molecule has 15 heavy (non-hydrogen) atoms. The van der Waals surface area contributed by atoms with Crippen LogP contribution < -0.4 is 5.73 Å². The number of rotatable bonds is 4. The fraction of sp³-hybridized carbons (Fsp3) is 0.462. The van der Waals surface area contributed by atoms with E-state index in [1.165, 1.54) is 0 Å². The Morgan fingerprint density at radius 3 is 2.67 bits per heavy atom. The number of carbonyl (C=O) groups excluding carboxylic acids is 1. The van der Waals surface area contributed by atoms with Crippen LogP contribution in [0.2, 0.25) is 0 Å². The highest BCUT2D eigenvalue weighted by Gasteiger charge is 2.20. The van der Waals surface area contributed by atoms with Gasteiger partial charge < -0.3 is 5.73 Å². The van der Waals surface area contributed by atoms with Crippen LogP contribution in [-0.2, 0) is 0 Å². The molecule has 2 heteroatoms. The number of aryl methyl sites for hydroxylation is 1. The third-order valence-corrected chi connectivity index (χ3v) is 2.86. The Labute approximate surface area is 91.5 Å². The lowest BCUT2D eigenvalue weighted by Crippen LogP contribution is -2.36. The van der Waals surface area contributed by atoms with Crippen LogP contribution >= 0.6 is 0 Å². The standard InChI is InChI=1S/C13H19NO/c1-4-10(3)12(14)13(15)11-7-5-6-9(2)8-11/h5-8,10,12H,4,14H2,1-3H3. The monoisotopic (exact) mass is 205 g/mol. The van der Waals surface area contributed by atoms with Crippen LogP contribution in [0.5, 0.6) is 0 Å². The van der Waals surface area contributed by atoms with Crippen LogP contribution in [0.4, 0.5) is 0 Å². The summed E-state index contributed by atoms with van der Waals surface area (Å²) in [5.41, 5.74) is 7.72. The van der Waals surface area contributed by atoms with Crippen molar-refractivity contribution < 1.29 is 4.79 Å². The van der Waals surface area contributed by atoms with E-state index in [-0.39, 0.29) is 17.7 Å². The van der Waals surface area contributed by atoms with Crippen molar-refractivity contribution in [2.45, 2.75) is 33.2 Å². The molecule has 2 nitrogen and oxygen atoms in total. The number of hydrogen-bond acceptors (Lipinski definition) is 2. The Morgan fingerprint density at radius 2 is 2.13 bits per heavy atom. The first-order valence-electron chi connectivity index (χ1n) is 5.42. The van der Waals surface area contributed by atoms with E-state index in [2.05, 4.69) is 0 Å². The molecular formula is C13H19NO. The van der Waals surface area contributed by atoms with Crippen LogP contribution in [0.25, 0.3) is 0 Å². The van der Waals surface area contributed by atoms with Crippen LogP contribution in [0.15, 0.2) is 24.3 Å². The molecule has 2 N–H and O–H groups in total. The topological polar surface area (TPSA) is 43.1 Å². The maximum atomic E-state index is 12.0. The van der Waals surface area contributed by atoms with Gasteiger partial charge in [0.15, 0.2) is 5.78 Å². The van der Waals surface area contributed by atoms with Crippen LogP contribution in [0, 0.1) is 12.8 Å². The summed E-state index contributed by atoms with van der Waals surface area (Å²) < 4.78 is 0. The van der Waals surface area contributed by atoms with Crippen molar-refractivity contribution in [2.24, 2.45) is 11.7 Å². The van der Waals surface area contributed by atoms with E-state index in [4.69, 9.17) is 5.73 Å². The van der Waals surface area contributed by atoms with Gasteiger partial charge in [0.2, 0.25) is 0 Å². The second-order valence-corrected chi connectivity index (χ2v) is 4.15. The van der Waals surface area contributed by atoms with Crippen molar-refractivity contribution in [2.75, 3.05) is 0 Å². The van der Waals surface area contributed by atoms with Crippen molar-refractivity contribution in [3.63, 3.8) is 0 Å². The predicted octanol–water partition coefficient (Wildman–Crippen LogP) is 2.55. The van der Waals surface area contributed by atoms with Gasteiger partial charge in [0, 0.05) is 5.56 Å². The number of ketones is 1. The first kappa shape index (κ1) is 11.9. The molecule has 1 aromatic rings. The summed E-state index contributed by atoms with van der Waals surface area (Å²) in [4.78, 5) is 12.0. The number of carbonyl (C=O) groups is 1. The Balaban J connectivity index is 2.85. The fourth-order valence-corrected chi connectivity index (χ4v) is 1.50. The lowest BCUT2D eigenvalue weighted by molar-refractivity contribution is 0.0935. The lowest BCUT2D eigenvalue weighted by Gasteiger charge is -2.17. The SMILES string of the molecule is CCC(C)C(N)C(=O)c1cccc(C)c1. The smallest absolute Gasteiger partial charge is 0.179 e. The summed E-state index contributed by atoms with van der Waals surface area (Å²) in [6.07, 6.45) is 0.929. The largest absolute Gasteiger partial charge is 0.321 e. The zero-order chi connectivity index (χ0) is 11.4. The number of nitrogens with two attached hydrogens (primary N) is 1. The zero-order valence-electron chi connectivity index (χ0n) is 9.66. The molecule has 2 unspecified atom stereocenters. The number of benzene rings is 1. The van der Waals surface area contributed by atoms with E-state index in [1.54, 1.807) is 0 Å². The normalized spacial score (nSPS) is 14.7. The maximum Gasteiger partial charge on any atom is 0.179 e. The fourth-order valence-electron chi connectivity index (χ4n) is 1.50. The second-order valence-electron chi connectivity index (χ2n) is 4.15. The molecule has 0 aromatic heterocycles. The molecular weight excluding hydrogens is 186 g/mol. The molecule has 0 fully saturated rings. The van der Waals surface area contributed by atoms with Crippen molar-refractivity contribution in [3.05, 3.63) is 35.4 Å². The molecule has 0 aliphatic carbocycles. The Morgan fingerprint density at radius 1 is 1.47 bits per heavy atom. The molecule has 0 saturated heterocycles. The molecule has 0 heterocycles. The molecule has 82 valence electrons. The molecule has 0 amide bonds. The van der Waals surface area contributed by atoms with Gasteiger partial charge in [-0.3, -0.25) is 4.79 Å². The van der Waals surface area contributed by atoms with Crippen molar-refractivity contribution in [1.82, 2.24) is 0 Å². The minimum Gasteiger partial charge on any atom is -0.321 e. The summed E-state index contributed by atoms with van der Waals surface area (Å²) in [6.45, 7) is 6.04. The third kappa shape index (κ3) is 2.90. The minimum atomic E-state index is -0.378. The van der Waals surface area contributed by atoms with Gasteiger partial charge in [0.05, 0.1) is 6.04 Å². The Bertz CT molecular complexity index is 346. The summed E-state index contributed by atoms with van der Waals surface area (Å²) in [5.74, 6) is 0.283. The van der Waals surface area contributed by atoms with E-state index in [0.717, 1.165) is 17.5 Å². The highest BCUT2D eigenvalue weighted by atomic mass is 16.1. The third-order valence-electron chi connectivity index (χ3n) is 2.86. The molecule has 1 aromatic carbocycles. The van der Waals surface area contributed by atoms with E-state index in [0.29, 0.717) is 0 Å². The second kappa shape index (κ2) is 5.08. The molecule has 0 bridgehead atoms. The predicted molar refractivity (Wildman–Crippen MR) is 62.9 cm³/mol. The average molecular weight is 205 g/mol. The van der Waals surface area contributed by atoms with Gasteiger partial charge in [0.1, 0.15) is 0 Å². The summed E-state index contributed by atoms with van der Waals surface area (Å²) in [5, 5.41) is 0. The van der Waals surface area contributed by atoms with Crippen molar-refractivity contribution >= 4 is 5.78 Å². The Kier molecular flexibility index (Phi) is 4.04. The molecule has 0 aliphatic heterocycles. The summed E-state index contributed by atoms with van der Waals surface area (Å²) in [6, 6.07) is 7.22. The van der Waals surface area contributed by atoms with E-state index >= 15 is 0 Å². The zero-order valence-corrected chi connectivity index (χ0v) is 9.66. The quantitative estimate of drug-likeness (QED) is 0.768. The minimum absolute atomic E-state index is 0.0491. The van der Waals surface area contributed by atoms with Gasteiger partial charge in [0.25, 0.3) is 0 Å². The van der Waals surface area contributed by atoms with Gasteiger partial charge in [-0.15, -0.1) is 0 Å². The molecule has 0 spiro atoms. The van der Waals surface area contributed by atoms with Gasteiger partial charge in [-0.05, 0) is 18.9 Å². The highest BCUT2D eigenvalue weighted by molar-refractivity contribution is 6.00. The maximum absolute atomic E-state index is 12.0. The number of Topliss-reactive ketones (excluding diaryl/α,β-unsaturated/α-hetero) is 1. The van der Waals surface area contributed by atoms with Crippen LogP contribution in [-0.4, -0.2) is 11.8 Å². The molecule has 1 rings (SSSR count). The lowest BCUT2D eigenvalue weighted by atomic mass is 9.92. The van der Waals surface area contributed by atoms with Crippen LogP contribution in [0.1, 0.15) is 36.2 Å². The van der Waals surface area contributed by atoms with E-state index in [1.807, 2.05) is 45.0 Å². The molecule has 2 atom stereocenters. The first-order chi connectivity index (χ1) is 7.06. The van der Waals surface area contributed by atoms with E-state index < -0.39 is 0 Å². The molecule has 0 radical (unpaired) electrons. The van der Waals surface area contributed by atoms with Gasteiger partial charge in [-0.2, -0.15) is 0 Å². The van der Waals surface area contributed by atoms with E-state index in [9.17, 15) is 4.79 Å². The molecule has 0 aliphatic rings. The average Bonchev–Trinajstić information content (AvgIpc) is 2.26. The van der Waals surface area contributed by atoms with Crippen molar-refractivity contribution in [1.29, 1.82) is 0 Å². The van der Waals surface area contributed by atoms with Crippen LogP contribution in [0.3, 0.4) is 0 Å². The van der Waals surface area contributed by atoms with Gasteiger partial charge in [-0.1, -0.05) is 44.0 Å².